The molecular formula is C12H11Cl2N3O2. The van der Waals surface area contributed by atoms with Crippen molar-refractivity contribution in [1.82, 2.24) is 5.16 Å². The molecule has 1 heterocycles. The predicted molar refractivity (Wildman–Crippen MR) is 74.8 cm³/mol. The maximum atomic E-state index is 11.7. The molecule has 5 nitrogen and oxygen atoms in total. The maximum Gasteiger partial charge on any atom is 0.244 e. The van der Waals surface area contributed by atoms with Crippen LogP contribution in [0.15, 0.2) is 28.8 Å². The molecule has 0 aliphatic carbocycles. The Bertz CT molecular complexity index is 578. The first-order chi connectivity index (χ1) is 9.06. The molecule has 2 rings (SSSR count). The molecule has 0 saturated carbocycles. The van der Waals surface area contributed by atoms with Gasteiger partial charge in [0, 0.05) is 6.07 Å². The Labute approximate surface area is 119 Å². The molecule has 0 fully saturated rings. The Morgan fingerprint density at radius 3 is 2.63 bits per heavy atom. The van der Waals surface area contributed by atoms with Gasteiger partial charge in [0.15, 0.2) is 5.82 Å². The number of aryl methyl sites for hydroxylation is 1. The number of carbonyl (C=O) groups is 1. The minimum absolute atomic E-state index is 0.0232. The summed E-state index contributed by atoms with van der Waals surface area (Å²) in [6.07, 6.45) is 0. The second-order valence-corrected chi connectivity index (χ2v) is 4.64. The van der Waals surface area contributed by atoms with E-state index in [0.29, 0.717) is 27.3 Å². The highest BCUT2D eigenvalue weighted by molar-refractivity contribution is 6.39. The largest absolute Gasteiger partial charge is 0.374 e. The van der Waals surface area contributed by atoms with E-state index in [9.17, 15) is 4.79 Å². The van der Waals surface area contributed by atoms with Gasteiger partial charge < -0.3 is 15.2 Å². The fraction of sp³-hybridized carbons (Fsp3) is 0.167. The van der Waals surface area contributed by atoms with Gasteiger partial charge in [0.25, 0.3) is 0 Å². The first kappa shape index (κ1) is 13.7. The number of para-hydroxylation sites is 1. The van der Waals surface area contributed by atoms with Gasteiger partial charge in [-0.25, -0.2) is 0 Å². The van der Waals surface area contributed by atoms with Gasteiger partial charge in [0.1, 0.15) is 5.76 Å². The third-order valence-electron chi connectivity index (χ3n) is 2.28. The number of hydrogen-bond donors (Lipinski definition) is 2. The lowest BCUT2D eigenvalue weighted by Crippen LogP contribution is -2.22. The van der Waals surface area contributed by atoms with Crippen LogP contribution in [-0.2, 0) is 4.79 Å². The van der Waals surface area contributed by atoms with E-state index in [-0.39, 0.29) is 12.5 Å². The van der Waals surface area contributed by atoms with Crippen molar-refractivity contribution in [3.8, 4) is 0 Å². The van der Waals surface area contributed by atoms with Crippen LogP contribution in [0.1, 0.15) is 5.76 Å². The highest BCUT2D eigenvalue weighted by Crippen LogP contribution is 2.29. The molecule has 0 bridgehead atoms. The number of halogens is 2. The van der Waals surface area contributed by atoms with E-state index in [0.717, 1.165) is 0 Å². The number of benzene rings is 1. The number of nitrogens with zero attached hydrogens (tertiary/aromatic N) is 1. The van der Waals surface area contributed by atoms with Crippen LogP contribution >= 0.6 is 23.2 Å². The SMILES string of the molecule is Cc1cc(NC(=O)CNc2c(Cl)cccc2Cl)no1. The van der Waals surface area contributed by atoms with E-state index in [1.54, 1.807) is 31.2 Å². The van der Waals surface area contributed by atoms with E-state index in [1.165, 1.54) is 0 Å². The number of nitrogens with one attached hydrogen (secondary N) is 2. The average Bonchev–Trinajstić information content (AvgIpc) is 2.74. The van der Waals surface area contributed by atoms with Crippen molar-refractivity contribution in [2.75, 3.05) is 17.2 Å². The Morgan fingerprint density at radius 2 is 2.05 bits per heavy atom. The van der Waals surface area contributed by atoms with E-state index < -0.39 is 0 Å². The average molecular weight is 300 g/mol. The van der Waals surface area contributed by atoms with Crippen LogP contribution in [0.25, 0.3) is 0 Å². The molecule has 0 aliphatic rings. The van der Waals surface area contributed by atoms with Crippen molar-refractivity contribution < 1.29 is 9.32 Å². The fourth-order valence-electron chi connectivity index (χ4n) is 1.45. The second-order valence-electron chi connectivity index (χ2n) is 3.82. The van der Waals surface area contributed by atoms with Gasteiger partial charge in [-0.3, -0.25) is 4.79 Å². The summed E-state index contributed by atoms with van der Waals surface area (Å²) in [7, 11) is 0. The molecule has 0 spiro atoms. The second kappa shape index (κ2) is 5.95. The number of aromatic nitrogens is 1. The highest BCUT2D eigenvalue weighted by atomic mass is 35.5. The van der Waals surface area contributed by atoms with Crippen LogP contribution in [0.2, 0.25) is 10.0 Å². The summed E-state index contributed by atoms with van der Waals surface area (Å²) in [6.45, 7) is 1.76. The standard InChI is InChI=1S/C12H11Cl2N3O2/c1-7-5-10(17-19-7)16-11(18)6-15-12-8(13)3-2-4-9(12)14/h2-5,15H,6H2,1H3,(H,16,17,18). The summed E-state index contributed by atoms with van der Waals surface area (Å²) in [4.78, 5) is 11.7. The molecule has 0 aliphatic heterocycles. The van der Waals surface area contributed by atoms with Crippen molar-refractivity contribution in [2.24, 2.45) is 0 Å². The minimum Gasteiger partial charge on any atom is -0.374 e. The molecule has 0 radical (unpaired) electrons. The topological polar surface area (TPSA) is 67.2 Å². The number of hydrogen-bond acceptors (Lipinski definition) is 4. The molecule has 0 unspecified atom stereocenters. The smallest absolute Gasteiger partial charge is 0.244 e. The van der Waals surface area contributed by atoms with Gasteiger partial charge in [-0.2, -0.15) is 0 Å². The zero-order chi connectivity index (χ0) is 13.8. The van der Waals surface area contributed by atoms with Gasteiger partial charge in [-0.05, 0) is 19.1 Å². The third-order valence-corrected chi connectivity index (χ3v) is 2.91. The van der Waals surface area contributed by atoms with Crippen LogP contribution in [0.5, 0.6) is 0 Å². The van der Waals surface area contributed by atoms with Gasteiger partial charge in [-0.15, -0.1) is 0 Å². The molecule has 1 aromatic heterocycles. The van der Waals surface area contributed by atoms with Crippen molar-refractivity contribution in [1.29, 1.82) is 0 Å². The molecule has 7 heteroatoms. The predicted octanol–water partition coefficient (Wildman–Crippen LogP) is 3.34. The van der Waals surface area contributed by atoms with E-state index in [1.807, 2.05) is 0 Å². The van der Waals surface area contributed by atoms with Crippen LogP contribution < -0.4 is 10.6 Å². The Morgan fingerprint density at radius 1 is 1.37 bits per heavy atom. The molecule has 0 saturated heterocycles. The molecule has 100 valence electrons. The van der Waals surface area contributed by atoms with Gasteiger partial charge in [0.2, 0.25) is 5.91 Å². The third kappa shape index (κ3) is 3.62. The summed E-state index contributed by atoms with van der Waals surface area (Å²) < 4.78 is 4.84. The lowest BCUT2D eigenvalue weighted by Gasteiger charge is -2.09. The van der Waals surface area contributed by atoms with Crippen molar-refractivity contribution in [3.63, 3.8) is 0 Å². The monoisotopic (exact) mass is 299 g/mol. The first-order valence-electron chi connectivity index (χ1n) is 5.47. The molecule has 2 N–H and O–H groups in total. The highest BCUT2D eigenvalue weighted by Gasteiger charge is 2.09. The molecule has 0 atom stereocenters. The number of carbonyl (C=O) groups excluding carboxylic acids is 1. The van der Waals surface area contributed by atoms with E-state index >= 15 is 0 Å². The van der Waals surface area contributed by atoms with Gasteiger partial charge >= 0.3 is 0 Å². The number of anilines is 2. The fourth-order valence-corrected chi connectivity index (χ4v) is 1.98. The number of rotatable bonds is 4. The van der Waals surface area contributed by atoms with Gasteiger partial charge in [-0.1, -0.05) is 34.4 Å². The molecule has 2 aromatic rings. The lowest BCUT2D eigenvalue weighted by atomic mass is 10.3. The van der Waals surface area contributed by atoms with Crippen molar-refractivity contribution >= 4 is 40.6 Å². The maximum absolute atomic E-state index is 11.7. The Balaban J connectivity index is 1.93. The Hall–Kier alpha value is -1.72. The van der Waals surface area contributed by atoms with Crippen LogP contribution in [0.3, 0.4) is 0 Å². The van der Waals surface area contributed by atoms with Crippen molar-refractivity contribution in [2.45, 2.75) is 6.92 Å². The van der Waals surface area contributed by atoms with Crippen LogP contribution in [0.4, 0.5) is 11.5 Å². The van der Waals surface area contributed by atoms with E-state index in [2.05, 4.69) is 15.8 Å². The summed E-state index contributed by atoms with van der Waals surface area (Å²) in [5, 5.41) is 10.0. The normalized spacial score (nSPS) is 10.3. The van der Waals surface area contributed by atoms with E-state index in [4.69, 9.17) is 27.7 Å². The minimum atomic E-state index is -0.274. The van der Waals surface area contributed by atoms with Crippen LogP contribution in [0, 0.1) is 6.92 Å². The summed E-state index contributed by atoms with van der Waals surface area (Å²) in [5.74, 6) is 0.719. The Kier molecular flexibility index (Phi) is 4.29. The van der Waals surface area contributed by atoms with Gasteiger partial charge in [0.05, 0.1) is 22.3 Å². The summed E-state index contributed by atoms with van der Waals surface area (Å²) in [6, 6.07) is 6.73. The van der Waals surface area contributed by atoms with Crippen molar-refractivity contribution in [3.05, 3.63) is 40.1 Å². The molecule has 1 amide bonds. The van der Waals surface area contributed by atoms with Crippen LogP contribution in [-0.4, -0.2) is 17.6 Å². The molecule has 19 heavy (non-hydrogen) atoms. The molecular weight excluding hydrogens is 289 g/mol. The zero-order valence-corrected chi connectivity index (χ0v) is 11.5. The zero-order valence-electron chi connectivity index (χ0n) is 10.0. The quantitative estimate of drug-likeness (QED) is 0.908. The lowest BCUT2D eigenvalue weighted by molar-refractivity contribution is -0.114. The first-order valence-corrected chi connectivity index (χ1v) is 6.23. The summed E-state index contributed by atoms with van der Waals surface area (Å²) >= 11 is 11.9. The summed E-state index contributed by atoms with van der Waals surface area (Å²) in [5.41, 5.74) is 0.525. The molecule has 1 aromatic carbocycles. The number of amides is 1.